The molecule has 6 heteroatoms. The summed E-state index contributed by atoms with van der Waals surface area (Å²) in [4.78, 5) is 28.1. The number of carbonyl (C=O) groups excluding carboxylic acids is 2. The number of pyridine rings is 1. The molecule has 126 valence electrons. The molecule has 0 aliphatic carbocycles. The van der Waals surface area contributed by atoms with Gasteiger partial charge < -0.3 is 10.1 Å². The van der Waals surface area contributed by atoms with Crippen LogP contribution in [-0.4, -0.2) is 23.5 Å². The van der Waals surface area contributed by atoms with E-state index in [1.165, 1.54) is 0 Å². The van der Waals surface area contributed by atoms with Crippen LogP contribution in [0.1, 0.15) is 34.1 Å². The normalized spacial score (nSPS) is 10.3. The van der Waals surface area contributed by atoms with E-state index in [9.17, 15) is 9.59 Å². The quantitative estimate of drug-likeness (QED) is 0.662. The first-order valence-corrected chi connectivity index (χ1v) is 7.98. The number of hydrogen-bond acceptors (Lipinski definition) is 4. The van der Waals surface area contributed by atoms with Crippen molar-refractivity contribution in [2.24, 2.45) is 0 Å². The van der Waals surface area contributed by atoms with E-state index in [0.29, 0.717) is 16.9 Å². The Balaban J connectivity index is 1.97. The third-order valence-electron chi connectivity index (χ3n) is 3.46. The zero-order valence-electron chi connectivity index (χ0n) is 13.9. The van der Waals surface area contributed by atoms with Crippen molar-refractivity contribution in [3.05, 3.63) is 57.9 Å². The number of rotatable bonds is 5. The van der Waals surface area contributed by atoms with Gasteiger partial charge in [-0.15, -0.1) is 0 Å². The smallest absolute Gasteiger partial charge is 0.342 e. The molecule has 1 heterocycles. The molecule has 1 N–H and O–H groups in total. The van der Waals surface area contributed by atoms with Gasteiger partial charge in [0.15, 0.2) is 6.61 Å². The molecule has 0 saturated carbocycles. The van der Waals surface area contributed by atoms with Crippen LogP contribution in [0.15, 0.2) is 30.3 Å². The Morgan fingerprint density at radius 3 is 2.67 bits per heavy atom. The van der Waals surface area contributed by atoms with Crippen LogP contribution in [0.2, 0.25) is 5.15 Å². The van der Waals surface area contributed by atoms with E-state index in [1.54, 1.807) is 26.0 Å². The van der Waals surface area contributed by atoms with E-state index in [1.807, 2.05) is 25.1 Å². The number of amides is 1. The second-order valence-electron chi connectivity index (χ2n) is 5.42. The molecular formula is C18H19ClN2O3. The van der Waals surface area contributed by atoms with Crippen LogP contribution in [-0.2, 0) is 16.0 Å². The van der Waals surface area contributed by atoms with Gasteiger partial charge in [-0.25, -0.2) is 9.78 Å². The number of ether oxygens (including phenoxy) is 1. The second-order valence-corrected chi connectivity index (χ2v) is 5.78. The van der Waals surface area contributed by atoms with Crippen molar-refractivity contribution >= 4 is 29.2 Å². The van der Waals surface area contributed by atoms with Gasteiger partial charge in [0.2, 0.25) is 0 Å². The van der Waals surface area contributed by atoms with Gasteiger partial charge in [0.1, 0.15) is 5.15 Å². The molecule has 2 rings (SSSR count). The molecule has 24 heavy (non-hydrogen) atoms. The lowest BCUT2D eigenvalue weighted by molar-refractivity contribution is -0.119. The van der Waals surface area contributed by atoms with Gasteiger partial charge in [0, 0.05) is 11.4 Å². The van der Waals surface area contributed by atoms with Crippen LogP contribution in [0.5, 0.6) is 0 Å². The molecule has 5 nitrogen and oxygen atoms in total. The molecular weight excluding hydrogens is 328 g/mol. The van der Waals surface area contributed by atoms with E-state index >= 15 is 0 Å². The number of nitrogens with one attached hydrogen (secondary N) is 1. The predicted octanol–water partition coefficient (Wildman–Crippen LogP) is 3.71. The summed E-state index contributed by atoms with van der Waals surface area (Å²) in [6.07, 6.45) is 0.872. The maximum absolute atomic E-state index is 12.1. The average molecular weight is 347 g/mol. The topological polar surface area (TPSA) is 68.3 Å². The van der Waals surface area contributed by atoms with Crippen molar-refractivity contribution in [3.8, 4) is 0 Å². The molecule has 0 atom stereocenters. The molecule has 1 aromatic carbocycles. The first-order valence-electron chi connectivity index (χ1n) is 7.60. The average Bonchev–Trinajstić information content (AvgIpc) is 2.52. The predicted molar refractivity (Wildman–Crippen MR) is 93.5 cm³/mol. The number of carbonyl (C=O) groups is 2. The Hall–Kier alpha value is -2.40. The minimum atomic E-state index is -0.664. The minimum Gasteiger partial charge on any atom is -0.452 e. The van der Waals surface area contributed by atoms with Crippen molar-refractivity contribution in [1.82, 2.24) is 4.98 Å². The van der Waals surface area contributed by atoms with Gasteiger partial charge in [-0.1, -0.05) is 30.7 Å². The highest BCUT2D eigenvalue weighted by Crippen LogP contribution is 2.19. The largest absolute Gasteiger partial charge is 0.452 e. The Labute approximate surface area is 146 Å². The molecule has 0 saturated heterocycles. The number of anilines is 1. The van der Waals surface area contributed by atoms with Crippen molar-refractivity contribution in [1.29, 1.82) is 0 Å². The number of benzene rings is 1. The molecule has 0 radical (unpaired) electrons. The highest BCUT2D eigenvalue weighted by molar-refractivity contribution is 6.32. The van der Waals surface area contributed by atoms with Crippen molar-refractivity contribution in [3.63, 3.8) is 0 Å². The van der Waals surface area contributed by atoms with Crippen LogP contribution in [0.3, 0.4) is 0 Å². The lowest BCUT2D eigenvalue weighted by Gasteiger charge is -2.10. The Morgan fingerprint density at radius 2 is 2.00 bits per heavy atom. The molecule has 0 aliphatic rings. The summed E-state index contributed by atoms with van der Waals surface area (Å²) in [6, 6.07) is 9.24. The van der Waals surface area contributed by atoms with E-state index in [4.69, 9.17) is 16.3 Å². The molecule has 0 aliphatic heterocycles. The van der Waals surface area contributed by atoms with Gasteiger partial charge in [0.05, 0.1) is 5.56 Å². The van der Waals surface area contributed by atoms with Crippen molar-refractivity contribution in [2.75, 3.05) is 11.9 Å². The first-order chi connectivity index (χ1) is 11.4. The molecule has 0 spiro atoms. The fraction of sp³-hybridized carbons (Fsp3) is 0.278. The van der Waals surface area contributed by atoms with Crippen LogP contribution >= 0.6 is 11.6 Å². The van der Waals surface area contributed by atoms with Gasteiger partial charge in [-0.05, 0) is 49.6 Å². The summed E-state index contributed by atoms with van der Waals surface area (Å²) in [5, 5.41) is 2.77. The summed E-state index contributed by atoms with van der Waals surface area (Å²) < 4.78 is 5.04. The summed E-state index contributed by atoms with van der Waals surface area (Å²) in [5.41, 5.74) is 3.33. The third kappa shape index (κ3) is 4.55. The van der Waals surface area contributed by atoms with Crippen LogP contribution in [0, 0.1) is 13.8 Å². The molecule has 0 fully saturated rings. The van der Waals surface area contributed by atoms with E-state index in [-0.39, 0.29) is 10.7 Å². The zero-order valence-corrected chi connectivity index (χ0v) is 14.6. The number of hydrogen-bond donors (Lipinski definition) is 1. The van der Waals surface area contributed by atoms with Crippen LogP contribution in [0.4, 0.5) is 5.69 Å². The van der Waals surface area contributed by atoms with Gasteiger partial charge in [-0.2, -0.15) is 0 Å². The Morgan fingerprint density at radius 1 is 1.25 bits per heavy atom. The van der Waals surface area contributed by atoms with Crippen molar-refractivity contribution < 1.29 is 14.3 Å². The lowest BCUT2D eigenvalue weighted by atomic mass is 10.1. The van der Waals surface area contributed by atoms with E-state index in [2.05, 4.69) is 10.3 Å². The number of aromatic nitrogens is 1. The van der Waals surface area contributed by atoms with Gasteiger partial charge >= 0.3 is 5.97 Å². The summed E-state index contributed by atoms with van der Waals surface area (Å²) >= 11 is 6.00. The fourth-order valence-electron chi connectivity index (χ4n) is 2.31. The summed E-state index contributed by atoms with van der Waals surface area (Å²) in [6.45, 7) is 5.17. The summed E-state index contributed by atoms with van der Waals surface area (Å²) in [7, 11) is 0. The van der Waals surface area contributed by atoms with Gasteiger partial charge in [0.25, 0.3) is 5.91 Å². The highest BCUT2D eigenvalue weighted by Gasteiger charge is 2.18. The van der Waals surface area contributed by atoms with Crippen LogP contribution in [0.25, 0.3) is 0 Å². The number of halogens is 1. The number of esters is 1. The first kappa shape index (κ1) is 17.9. The fourth-order valence-corrected chi connectivity index (χ4v) is 2.67. The molecule has 1 aromatic heterocycles. The number of aryl methyl sites for hydroxylation is 3. The lowest BCUT2D eigenvalue weighted by Crippen LogP contribution is -2.21. The Kier molecular flexibility index (Phi) is 5.93. The minimum absolute atomic E-state index is 0.0774. The monoisotopic (exact) mass is 346 g/mol. The van der Waals surface area contributed by atoms with Crippen molar-refractivity contribution in [2.45, 2.75) is 27.2 Å². The molecule has 2 aromatic rings. The second kappa shape index (κ2) is 7.93. The maximum Gasteiger partial charge on any atom is 0.342 e. The van der Waals surface area contributed by atoms with E-state index < -0.39 is 18.5 Å². The number of nitrogens with zero attached hydrogens (tertiary/aromatic N) is 1. The maximum atomic E-state index is 12.1. The summed E-state index contributed by atoms with van der Waals surface area (Å²) in [5.74, 6) is -1.08. The van der Waals surface area contributed by atoms with Crippen LogP contribution < -0.4 is 5.32 Å². The molecule has 0 bridgehead atoms. The standard InChI is InChI=1S/C18H19ClN2O3/c1-4-13-6-5-7-14(9-13)21-15(22)10-24-18(23)16-11(2)8-12(3)20-17(16)19/h5-9H,4,10H2,1-3H3,(H,21,22). The third-order valence-corrected chi connectivity index (χ3v) is 3.73. The van der Waals surface area contributed by atoms with Gasteiger partial charge in [-0.3, -0.25) is 4.79 Å². The SMILES string of the molecule is CCc1cccc(NC(=O)COC(=O)c2c(C)cc(C)nc2Cl)c1. The Bertz CT molecular complexity index is 752. The molecule has 1 amide bonds. The zero-order chi connectivity index (χ0) is 17.7. The highest BCUT2D eigenvalue weighted by atomic mass is 35.5. The van der Waals surface area contributed by atoms with E-state index in [0.717, 1.165) is 12.0 Å². The molecule has 0 unspecified atom stereocenters.